The van der Waals surface area contributed by atoms with Crippen molar-refractivity contribution < 1.29 is 19.4 Å². The van der Waals surface area contributed by atoms with Crippen LogP contribution in [-0.2, 0) is 20.9 Å². The number of phenols is 1. The number of carbonyl (C=O) groups excluding carboxylic acids is 2. The molecule has 3 fully saturated rings. The van der Waals surface area contributed by atoms with Gasteiger partial charge in [0.2, 0.25) is 11.8 Å². The van der Waals surface area contributed by atoms with E-state index in [1.54, 1.807) is 11.0 Å². The maximum Gasteiger partial charge on any atom is 0.234 e. The molecule has 3 aliphatic heterocycles. The topological polar surface area (TPSA) is 70.1 Å². The molecule has 228 valence electrons. The van der Waals surface area contributed by atoms with Crippen LogP contribution in [0.2, 0.25) is 0 Å². The minimum atomic E-state index is -0.280. The van der Waals surface area contributed by atoms with Gasteiger partial charge in [-0.2, -0.15) is 0 Å². The molecule has 0 unspecified atom stereocenters. The van der Waals surface area contributed by atoms with Gasteiger partial charge in [0.15, 0.2) is 0 Å². The first-order valence-electron chi connectivity index (χ1n) is 16.4. The van der Waals surface area contributed by atoms with E-state index in [1.807, 2.05) is 24.3 Å². The van der Waals surface area contributed by atoms with Gasteiger partial charge in [-0.05, 0) is 62.1 Å². The zero-order valence-electron chi connectivity index (χ0n) is 25.7. The number of likely N-dealkylation sites (tertiary alicyclic amines) is 2. The quantitative estimate of drug-likeness (QED) is 0.248. The highest BCUT2D eigenvalue weighted by Crippen LogP contribution is 2.51. The molecule has 2 aromatic rings. The van der Waals surface area contributed by atoms with Crippen LogP contribution >= 0.6 is 0 Å². The highest BCUT2D eigenvalue weighted by atomic mass is 16.5. The van der Waals surface area contributed by atoms with Crippen LogP contribution in [0.3, 0.4) is 0 Å². The maximum atomic E-state index is 14.0. The summed E-state index contributed by atoms with van der Waals surface area (Å²) in [6.45, 7) is 7.60. The van der Waals surface area contributed by atoms with Crippen LogP contribution in [0.25, 0.3) is 6.08 Å². The standard InChI is InChI=1S/C37H46N2O4/c1-3-10-25(21-28-13-8-9-14-32(28)40)15-16-33-34-27(4-2)22-30-35(31(34)24-43-33)37(42)39(36(30)41)29-17-19-38(20-18-29)23-26-11-6-5-7-12-26/h5-9,11-14,21,29-31,33,35,40H,3-4,10,15-20,22-24H2,1-2H3/b25-21+/t30-,31+,33-,35-/m1/s1. The van der Waals surface area contributed by atoms with E-state index in [2.05, 4.69) is 49.1 Å². The summed E-state index contributed by atoms with van der Waals surface area (Å²) in [6, 6.07) is 18.0. The van der Waals surface area contributed by atoms with Gasteiger partial charge >= 0.3 is 0 Å². The van der Waals surface area contributed by atoms with Crippen LogP contribution in [0.4, 0.5) is 0 Å². The third kappa shape index (κ3) is 6.09. The number of carbonyl (C=O) groups is 2. The van der Waals surface area contributed by atoms with E-state index in [4.69, 9.17) is 4.74 Å². The Hall–Kier alpha value is -3.22. The van der Waals surface area contributed by atoms with Gasteiger partial charge < -0.3 is 9.84 Å². The summed E-state index contributed by atoms with van der Waals surface area (Å²) in [5.41, 5.74) is 6.10. The van der Waals surface area contributed by atoms with E-state index >= 15 is 0 Å². The lowest BCUT2D eigenvalue weighted by Crippen LogP contribution is -2.47. The maximum absolute atomic E-state index is 14.0. The fraction of sp³-hybridized carbons (Fsp3) is 0.514. The van der Waals surface area contributed by atoms with Gasteiger partial charge in [0.1, 0.15) is 5.75 Å². The predicted octanol–water partition coefficient (Wildman–Crippen LogP) is 6.75. The summed E-state index contributed by atoms with van der Waals surface area (Å²) in [6.07, 6.45) is 9.14. The zero-order valence-corrected chi connectivity index (χ0v) is 25.7. The minimum Gasteiger partial charge on any atom is -0.507 e. The Morgan fingerprint density at radius 3 is 2.42 bits per heavy atom. The van der Waals surface area contributed by atoms with Crippen molar-refractivity contribution in [2.75, 3.05) is 19.7 Å². The highest BCUT2D eigenvalue weighted by molar-refractivity contribution is 6.06. The molecule has 6 rings (SSSR count). The Morgan fingerprint density at radius 2 is 1.70 bits per heavy atom. The molecule has 2 amide bonds. The molecule has 1 aliphatic carbocycles. The predicted molar refractivity (Wildman–Crippen MR) is 169 cm³/mol. The molecular formula is C37H46N2O4. The average Bonchev–Trinajstić information content (AvgIpc) is 3.55. The molecule has 43 heavy (non-hydrogen) atoms. The van der Waals surface area contributed by atoms with E-state index < -0.39 is 0 Å². The number of amides is 2. The smallest absolute Gasteiger partial charge is 0.234 e. The second kappa shape index (κ2) is 13.2. The second-order valence-corrected chi connectivity index (χ2v) is 12.9. The molecule has 3 heterocycles. The van der Waals surface area contributed by atoms with Crippen LogP contribution in [0.1, 0.15) is 76.3 Å². The number of para-hydroxylation sites is 1. The first-order chi connectivity index (χ1) is 21.0. The summed E-state index contributed by atoms with van der Waals surface area (Å²) in [7, 11) is 0. The lowest BCUT2D eigenvalue weighted by atomic mass is 9.69. The molecule has 2 aromatic carbocycles. The number of hydrogen-bond acceptors (Lipinski definition) is 5. The summed E-state index contributed by atoms with van der Waals surface area (Å²) in [5.74, 6) is -0.103. The first-order valence-corrected chi connectivity index (χ1v) is 16.4. The number of nitrogens with zero attached hydrogens (tertiary/aromatic N) is 2. The molecule has 0 radical (unpaired) electrons. The lowest BCUT2D eigenvalue weighted by molar-refractivity contribution is -0.144. The minimum absolute atomic E-state index is 0.000380. The van der Waals surface area contributed by atoms with Crippen LogP contribution in [0.15, 0.2) is 71.3 Å². The molecule has 6 heteroatoms. The van der Waals surface area contributed by atoms with Gasteiger partial charge in [-0.1, -0.05) is 86.0 Å². The van der Waals surface area contributed by atoms with Crippen molar-refractivity contribution >= 4 is 17.9 Å². The SMILES string of the molecule is CCC/C(=C\c1ccccc1O)CC[C@H]1OC[C@H]2C1=C(CC)C[C@H]1C(=O)N(C3CCN(Cc4ccccc4)CC3)C(=O)[C@H]12. The van der Waals surface area contributed by atoms with Gasteiger partial charge in [0.05, 0.1) is 24.5 Å². The van der Waals surface area contributed by atoms with E-state index in [1.165, 1.54) is 22.3 Å². The molecule has 0 spiro atoms. The average molecular weight is 583 g/mol. The van der Waals surface area contributed by atoms with E-state index in [0.29, 0.717) is 18.8 Å². The fourth-order valence-corrected chi connectivity index (χ4v) is 8.11. The number of allylic oxidation sites excluding steroid dienone is 2. The molecule has 0 saturated carbocycles. The Balaban J connectivity index is 1.13. The Bertz CT molecular complexity index is 1370. The molecule has 4 aliphatic rings. The summed E-state index contributed by atoms with van der Waals surface area (Å²) in [5, 5.41) is 10.3. The Morgan fingerprint density at radius 1 is 0.953 bits per heavy atom. The number of hydrogen-bond donors (Lipinski definition) is 1. The van der Waals surface area contributed by atoms with E-state index in [9.17, 15) is 14.7 Å². The van der Waals surface area contributed by atoms with Crippen LogP contribution in [-0.4, -0.2) is 58.6 Å². The summed E-state index contributed by atoms with van der Waals surface area (Å²) < 4.78 is 6.45. The largest absolute Gasteiger partial charge is 0.507 e. The Labute approximate surface area is 256 Å². The number of aromatic hydroxyl groups is 1. The second-order valence-electron chi connectivity index (χ2n) is 12.9. The van der Waals surface area contributed by atoms with E-state index in [0.717, 1.165) is 70.1 Å². The number of rotatable bonds is 10. The Kier molecular flexibility index (Phi) is 9.15. The van der Waals surface area contributed by atoms with Crippen molar-refractivity contribution in [3.63, 3.8) is 0 Å². The van der Waals surface area contributed by atoms with Crippen LogP contribution in [0.5, 0.6) is 5.75 Å². The van der Waals surface area contributed by atoms with Gasteiger partial charge in [-0.3, -0.25) is 19.4 Å². The monoisotopic (exact) mass is 582 g/mol. The summed E-state index contributed by atoms with van der Waals surface area (Å²) in [4.78, 5) is 32.0. The highest BCUT2D eigenvalue weighted by Gasteiger charge is 2.58. The number of imide groups is 1. The zero-order chi connectivity index (χ0) is 29.9. The third-order valence-corrected chi connectivity index (χ3v) is 10.2. The summed E-state index contributed by atoms with van der Waals surface area (Å²) >= 11 is 0. The fourth-order valence-electron chi connectivity index (χ4n) is 8.11. The van der Waals surface area contributed by atoms with Crippen molar-refractivity contribution in [1.82, 2.24) is 9.80 Å². The van der Waals surface area contributed by atoms with Crippen LogP contribution < -0.4 is 0 Å². The third-order valence-electron chi connectivity index (χ3n) is 10.2. The van der Waals surface area contributed by atoms with Crippen molar-refractivity contribution in [2.45, 2.75) is 83.9 Å². The van der Waals surface area contributed by atoms with Gasteiger partial charge in [0.25, 0.3) is 0 Å². The van der Waals surface area contributed by atoms with Crippen LogP contribution in [0, 0.1) is 17.8 Å². The van der Waals surface area contributed by atoms with Crippen molar-refractivity contribution in [3.05, 3.63) is 82.4 Å². The number of phenolic OH excluding ortho intramolecular Hbond substituents is 1. The van der Waals surface area contributed by atoms with Gasteiger partial charge in [0, 0.05) is 37.2 Å². The van der Waals surface area contributed by atoms with E-state index in [-0.39, 0.29) is 41.7 Å². The number of benzene rings is 2. The van der Waals surface area contributed by atoms with Crippen molar-refractivity contribution in [3.8, 4) is 5.75 Å². The van der Waals surface area contributed by atoms with Gasteiger partial charge in [-0.25, -0.2) is 0 Å². The molecule has 0 bridgehead atoms. The molecule has 1 N–H and O–H groups in total. The number of piperidine rings is 1. The number of fused-ring (bicyclic) bond motifs is 3. The van der Waals surface area contributed by atoms with Crippen molar-refractivity contribution in [1.29, 1.82) is 0 Å². The molecule has 6 nitrogen and oxygen atoms in total. The number of ether oxygens (including phenoxy) is 1. The van der Waals surface area contributed by atoms with Crippen molar-refractivity contribution in [2.24, 2.45) is 17.8 Å². The first kappa shape index (κ1) is 29.8. The van der Waals surface area contributed by atoms with Gasteiger partial charge in [-0.15, -0.1) is 0 Å². The molecule has 3 saturated heterocycles. The molecular weight excluding hydrogens is 536 g/mol. The molecule has 4 atom stereocenters. The normalized spacial score (nSPS) is 26.7. The lowest BCUT2D eigenvalue weighted by Gasteiger charge is -2.36. The molecule has 0 aromatic heterocycles.